The van der Waals surface area contributed by atoms with Gasteiger partial charge in [0, 0.05) is 50.2 Å². The van der Waals surface area contributed by atoms with Crippen molar-refractivity contribution in [3.63, 3.8) is 0 Å². The largest absolute Gasteiger partial charge is 0.356 e. The first-order valence-electron chi connectivity index (χ1n) is 11.4. The molecule has 0 bridgehead atoms. The minimum Gasteiger partial charge on any atom is -0.356 e. The van der Waals surface area contributed by atoms with Gasteiger partial charge in [-0.25, -0.2) is 9.97 Å². The Balaban J connectivity index is 1.65. The van der Waals surface area contributed by atoms with Gasteiger partial charge in [-0.05, 0) is 44.2 Å². The van der Waals surface area contributed by atoms with Crippen LogP contribution in [0.2, 0.25) is 0 Å². The van der Waals surface area contributed by atoms with Crippen LogP contribution in [0.4, 0.5) is 0 Å². The Labute approximate surface area is 189 Å². The van der Waals surface area contributed by atoms with Crippen LogP contribution in [0, 0.1) is 11.3 Å². The first-order chi connectivity index (χ1) is 15.5. The highest BCUT2D eigenvalue weighted by Crippen LogP contribution is 2.37. The summed E-state index contributed by atoms with van der Waals surface area (Å²) in [5, 5.41) is 3.05. The van der Waals surface area contributed by atoms with Gasteiger partial charge in [-0.3, -0.25) is 20.4 Å². The number of nitrogens with zero attached hydrogens (tertiary/aromatic N) is 3. The number of amides is 2. The lowest BCUT2D eigenvalue weighted by molar-refractivity contribution is -0.144. The molecule has 32 heavy (non-hydrogen) atoms. The van der Waals surface area contributed by atoms with Crippen molar-refractivity contribution in [2.24, 2.45) is 11.3 Å². The Morgan fingerprint density at radius 2 is 2.03 bits per heavy atom. The predicted molar refractivity (Wildman–Crippen MR) is 122 cm³/mol. The quantitative estimate of drug-likeness (QED) is 0.635. The summed E-state index contributed by atoms with van der Waals surface area (Å²) in [5.74, 6) is 0.0224. The second kappa shape index (κ2) is 9.75. The van der Waals surface area contributed by atoms with Crippen LogP contribution >= 0.6 is 0 Å². The Hall–Kier alpha value is -2.84. The summed E-state index contributed by atoms with van der Waals surface area (Å²) in [6.07, 6.45) is 7.22. The van der Waals surface area contributed by atoms with Crippen LogP contribution in [-0.4, -0.2) is 58.9 Å². The van der Waals surface area contributed by atoms with E-state index in [4.69, 9.17) is 0 Å². The van der Waals surface area contributed by atoms with Crippen molar-refractivity contribution in [1.82, 2.24) is 31.0 Å². The molecule has 170 valence electrons. The van der Waals surface area contributed by atoms with E-state index in [0.717, 1.165) is 29.5 Å². The molecule has 0 spiro atoms. The Bertz CT molecular complexity index is 953. The number of likely N-dealkylation sites (tertiary alicyclic amines) is 1. The molecule has 3 N–H and O–H groups in total. The van der Waals surface area contributed by atoms with E-state index in [9.17, 15) is 9.59 Å². The van der Waals surface area contributed by atoms with Gasteiger partial charge in [0.25, 0.3) is 0 Å². The number of piperidine rings is 1. The van der Waals surface area contributed by atoms with Crippen LogP contribution in [0.15, 0.2) is 43.0 Å². The van der Waals surface area contributed by atoms with E-state index in [0.29, 0.717) is 32.6 Å². The lowest BCUT2D eigenvalue weighted by Crippen LogP contribution is -2.56. The molecule has 0 radical (unpaired) electrons. The van der Waals surface area contributed by atoms with Gasteiger partial charge >= 0.3 is 0 Å². The minimum atomic E-state index is -0.668. The van der Waals surface area contributed by atoms with Gasteiger partial charge in [0.15, 0.2) is 0 Å². The first-order valence-corrected chi connectivity index (χ1v) is 11.4. The fourth-order valence-corrected chi connectivity index (χ4v) is 4.98. The zero-order valence-corrected chi connectivity index (χ0v) is 18.8. The van der Waals surface area contributed by atoms with E-state index in [1.807, 2.05) is 36.9 Å². The molecular weight excluding hydrogens is 404 g/mol. The topological polar surface area (TPSA) is 99.2 Å². The maximum Gasteiger partial charge on any atom is 0.228 e. The number of hydrogen-bond donors (Lipinski definition) is 3. The molecule has 0 saturated carbocycles. The summed E-state index contributed by atoms with van der Waals surface area (Å²) in [7, 11) is 0. The number of aromatic nitrogens is 2. The molecule has 3 unspecified atom stereocenters. The van der Waals surface area contributed by atoms with Gasteiger partial charge in [-0.2, -0.15) is 0 Å². The SMILES string of the molecule is CCNC(=O)C1(Cc2ccccc2-c2cncnc2)CCCN(C(=O)C2CNNC2C)C1. The summed E-state index contributed by atoms with van der Waals surface area (Å²) in [6.45, 7) is 6.25. The standard InChI is InChI=1S/C24H32N6O2/c1-3-27-23(32)24(9-6-10-30(15-24)22(31)21-14-28-29-17(21)2)11-18-7-4-5-8-20(18)19-12-25-16-26-13-19/h4-5,7-8,12-13,16-17,21,28-29H,3,6,9-11,14-15H2,1-2H3,(H,27,32). The van der Waals surface area contributed by atoms with Gasteiger partial charge in [0.05, 0.1) is 11.3 Å². The average Bonchev–Trinajstić information content (AvgIpc) is 3.25. The van der Waals surface area contributed by atoms with Crippen LogP contribution in [0.5, 0.6) is 0 Å². The fourth-order valence-electron chi connectivity index (χ4n) is 4.98. The predicted octanol–water partition coefficient (Wildman–Crippen LogP) is 1.54. The second-order valence-corrected chi connectivity index (χ2v) is 8.88. The third-order valence-corrected chi connectivity index (χ3v) is 6.70. The zero-order chi connectivity index (χ0) is 22.6. The molecule has 3 heterocycles. The number of carbonyl (C=O) groups excluding carboxylic acids is 2. The van der Waals surface area contributed by atoms with Crippen molar-refractivity contribution < 1.29 is 9.59 Å². The van der Waals surface area contributed by atoms with E-state index in [1.165, 1.54) is 6.33 Å². The Kier molecular flexibility index (Phi) is 6.81. The monoisotopic (exact) mass is 436 g/mol. The van der Waals surface area contributed by atoms with Gasteiger partial charge < -0.3 is 10.2 Å². The molecule has 2 aliphatic rings. The highest BCUT2D eigenvalue weighted by Gasteiger charge is 2.45. The van der Waals surface area contributed by atoms with Crippen LogP contribution in [-0.2, 0) is 16.0 Å². The van der Waals surface area contributed by atoms with E-state index < -0.39 is 5.41 Å². The van der Waals surface area contributed by atoms with Crippen LogP contribution < -0.4 is 16.2 Å². The van der Waals surface area contributed by atoms with Crippen molar-refractivity contribution in [1.29, 1.82) is 0 Å². The summed E-state index contributed by atoms with van der Waals surface area (Å²) >= 11 is 0. The minimum absolute atomic E-state index is 0.0207. The van der Waals surface area contributed by atoms with E-state index >= 15 is 0 Å². The molecule has 1 aromatic carbocycles. The highest BCUT2D eigenvalue weighted by atomic mass is 16.2. The molecular formula is C24H32N6O2. The third-order valence-electron chi connectivity index (χ3n) is 6.70. The summed E-state index contributed by atoms with van der Waals surface area (Å²) in [5.41, 5.74) is 8.57. The lowest BCUT2D eigenvalue weighted by atomic mass is 9.73. The molecule has 8 nitrogen and oxygen atoms in total. The van der Waals surface area contributed by atoms with Crippen molar-refractivity contribution >= 4 is 11.8 Å². The van der Waals surface area contributed by atoms with Gasteiger partial charge in [0.1, 0.15) is 6.33 Å². The van der Waals surface area contributed by atoms with E-state index in [-0.39, 0.29) is 23.8 Å². The van der Waals surface area contributed by atoms with Crippen molar-refractivity contribution in [2.75, 3.05) is 26.2 Å². The van der Waals surface area contributed by atoms with Crippen molar-refractivity contribution in [3.8, 4) is 11.1 Å². The van der Waals surface area contributed by atoms with Crippen LogP contribution in [0.3, 0.4) is 0 Å². The maximum atomic E-state index is 13.4. The second-order valence-electron chi connectivity index (χ2n) is 8.88. The molecule has 0 aliphatic carbocycles. The van der Waals surface area contributed by atoms with Crippen LogP contribution in [0.25, 0.3) is 11.1 Å². The van der Waals surface area contributed by atoms with Crippen molar-refractivity contribution in [3.05, 3.63) is 48.5 Å². The number of nitrogens with one attached hydrogen (secondary N) is 3. The molecule has 2 amide bonds. The van der Waals surface area contributed by atoms with Crippen LogP contribution in [0.1, 0.15) is 32.3 Å². The van der Waals surface area contributed by atoms with E-state index in [1.54, 1.807) is 12.4 Å². The molecule has 2 aliphatic heterocycles. The molecule has 2 aromatic rings. The molecule has 3 atom stereocenters. The maximum absolute atomic E-state index is 13.4. The normalized spacial score (nSPS) is 25.5. The Morgan fingerprint density at radius 1 is 1.25 bits per heavy atom. The zero-order valence-electron chi connectivity index (χ0n) is 18.8. The molecule has 8 heteroatoms. The lowest BCUT2D eigenvalue weighted by Gasteiger charge is -2.43. The van der Waals surface area contributed by atoms with Gasteiger partial charge in [0.2, 0.25) is 11.8 Å². The number of hydrazine groups is 1. The summed E-state index contributed by atoms with van der Waals surface area (Å²) < 4.78 is 0. The number of hydrogen-bond acceptors (Lipinski definition) is 6. The van der Waals surface area contributed by atoms with E-state index in [2.05, 4.69) is 32.2 Å². The molecule has 4 rings (SSSR count). The number of carbonyl (C=O) groups is 2. The fraction of sp³-hybridized carbons (Fsp3) is 0.500. The summed E-state index contributed by atoms with van der Waals surface area (Å²) in [6, 6.07) is 8.17. The summed E-state index contributed by atoms with van der Waals surface area (Å²) in [4.78, 5) is 37.0. The third kappa shape index (κ3) is 4.52. The Morgan fingerprint density at radius 3 is 2.75 bits per heavy atom. The smallest absolute Gasteiger partial charge is 0.228 e. The first kappa shape index (κ1) is 22.4. The highest BCUT2D eigenvalue weighted by molar-refractivity contribution is 5.86. The van der Waals surface area contributed by atoms with Gasteiger partial charge in [-0.1, -0.05) is 24.3 Å². The molecule has 2 saturated heterocycles. The number of benzene rings is 1. The molecule has 2 fully saturated rings. The van der Waals surface area contributed by atoms with Crippen molar-refractivity contribution in [2.45, 2.75) is 39.2 Å². The average molecular weight is 437 g/mol. The molecule has 1 aromatic heterocycles. The van der Waals surface area contributed by atoms with Gasteiger partial charge in [-0.15, -0.1) is 0 Å². The number of rotatable bonds is 6.